The van der Waals surface area contributed by atoms with Gasteiger partial charge in [-0.1, -0.05) is 0 Å². The molecule has 88 valence electrons. The molecule has 2 rings (SSSR count). The van der Waals surface area contributed by atoms with Crippen LogP contribution in [0, 0.1) is 0 Å². The highest BCUT2D eigenvalue weighted by Gasteiger charge is 2.27. The van der Waals surface area contributed by atoms with Gasteiger partial charge in [-0.3, -0.25) is 9.69 Å². The third-order valence-corrected chi connectivity index (χ3v) is 3.65. The Balaban J connectivity index is 1.98. The number of halogens is 1. The van der Waals surface area contributed by atoms with Crippen LogP contribution in [0.3, 0.4) is 0 Å². The number of furan rings is 1. The molecule has 1 atom stereocenters. The Morgan fingerprint density at radius 2 is 2.50 bits per heavy atom. The summed E-state index contributed by atoms with van der Waals surface area (Å²) in [5, 5.41) is 8.81. The van der Waals surface area contributed by atoms with Gasteiger partial charge in [-0.25, -0.2) is 0 Å². The van der Waals surface area contributed by atoms with Crippen molar-refractivity contribution in [2.24, 2.45) is 0 Å². The zero-order valence-electron chi connectivity index (χ0n) is 8.86. The summed E-state index contributed by atoms with van der Waals surface area (Å²) in [5.41, 5.74) is 0. The molecule has 0 saturated carbocycles. The van der Waals surface area contributed by atoms with Gasteiger partial charge >= 0.3 is 5.97 Å². The van der Waals surface area contributed by atoms with Crippen molar-refractivity contribution in [2.75, 3.05) is 6.54 Å². The molecule has 16 heavy (non-hydrogen) atoms. The van der Waals surface area contributed by atoms with E-state index in [0.717, 1.165) is 29.6 Å². The smallest absolute Gasteiger partial charge is 0.304 e. The number of carboxylic acids is 1. The Kier molecular flexibility index (Phi) is 3.66. The molecule has 0 amide bonds. The summed E-state index contributed by atoms with van der Waals surface area (Å²) in [6.07, 6.45) is 3.89. The Morgan fingerprint density at radius 1 is 1.69 bits per heavy atom. The summed E-state index contributed by atoms with van der Waals surface area (Å²) >= 11 is 3.41. The zero-order valence-corrected chi connectivity index (χ0v) is 10.4. The molecule has 1 aromatic heterocycles. The fourth-order valence-corrected chi connectivity index (χ4v) is 2.49. The van der Waals surface area contributed by atoms with Crippen molar-refractivity contribution >= 4 is 21.9 Å². The van der Waals surface area contributed by atoms with Gasteiger partial charge in [0.15, 0.2) is 0 Å². The molecule has 1 N–H and O–H groups in total. The summed E-state index contributed by atoms with van der Waals surface area (Å²) in [5.74, 6) is 0.146. The van der Waals surface area contributed by atoms with Crippen LogP contribution in [0.25, 0.3) is 0 Å². The highest BCUT2D eigenvalue weighted by Crippen LogP contribution is 2.26. The molecule has 0 aliphatic carbocycles. The lowest BCUT2D eigenvalue weighted by Crippen LogP contribution is -2.30. The van der Waals surface area contributed by atoms with Crippen LogP contribution in [0.2, 0.25) is 0 Å². The average Bonchev–Trinajstić information content (AvgIpc) is 2.78. The van der Waals surface area contributed by atoms with Gasteiger partial charge in [0.1, 0.15) is 5.76 Å². The van der Waals surface area contributed by atoms with Crippen molar-refractivity contribution in [3.63, 3.8) is 0 Å². The van der Waals surface area contributed by atoms with E-state index in [1.54, 1.807) is 6.26 Å². The maximum Gasteiger partial charge on any atom is 0.304 e. The van der Waals surface area contributed by atoms with Gasteiger partial charge in [0.25, 0.3) is 0 Å². The lowest BCUT2D eigenvalue weighted by Gasteiger charge is -2.21. The van der Waals surface area contributed by atoms with Gasteiger partial charge in [-0.05, 0) is 41.4 Å². The fourth-order valence-electron chi connectivity index (χ4n) is 2.16. The van der Waals surface area contributed by atoms with Gasteiger partial charge < -0.3 is 9.52 Å². The topological polar surface area (TPSA) is 53.7 Å². The van der Waals surface area contributed by atoms with Crippen molar-refractivity contribution in [1.29, 1.82) is 0 Å². The maximum atomic E-state index is 10.7. The van der Waals surface area contributed by atoms with Crippen molar-refractivity contribution in [1.82, 2.24) is 4.90 Å². The second kappa shape index (κ2) is 5.01. The van der Waals surface area contributed by atoms with Crippen molar-refractivity contribution in [3.05, 3.63) is 22.6 Å². The average molecular weight is 288 g/mol. The molecule has 0 aromatic carbocycles. The van der Waals surface area contributed by atoms with E-state index in [0.29, 0.717) is 6.54 Å². The number of carbonyl (C=O) groups is 1. The number of likely N-dealkylation sites (tertiary alicyclic amines) is 1. The van der Waals surface area contributed by atoms with Gasteiger partial charge in [-0.2, -0.15) is 0 Å². The van der Waals surface area contributed by atoms with E-state index < -0.39 is 5.97 Å². The highest BCUT2D eigenvalue weighted by atomic mass is 79.9. The first-order valence-corrected chi connectivity index (χ1v) is 6.14. The van der Waals surface area contributed by atoms with E-state index in [-0.39, 0.29) is 12.5 Å². The predicted octanol–water partition coefficient (Wildman–Crippen LogP) is 2.48. The Labute approximate surface area is 102 Å². The predicted molar refractivity (Wildman–Crippen MR) is 62.1 cm³/mol. The minimum Gasteiger partial charge on any atom is -0.481 e. The number of hydrogen-bond acceptors (Lipinski definition) is 3. The molecule has 1 aliphatic heterocycles. The summed E-state index contributed by atoms with van der Waals surface area (Å²) in [4.78, 5) is 12.9. The fraction of sp³-hybridized carbons (Fsp3) is 0.545. The Morgan fingerprint density at radius 3 is 3.12 bits per heavy atom. The number of aliphatic carboxylic acids is 1. The van der Waals surface area contributed by atoms with Crippen LogP contribution in [0.1, 0.15) is 25.0 Å². The van der Waals surface area contributed by atoms with Crippen LogP contribution in [-0.2, 0) is 11.3 Å². The molecule has 1 unspecified atom stereocenters. The summed E-state index contributed by atoms with van der Waals surface area (Å²) in [6, 6.07) is 2.01. The molecule has 0 bridgehead atoms. The summed E-state index contributed by atoms with van der Waals surface area (Å²) in [7, 11) is 0. The van der Waals surface area contributed by atoms with Gasteiger partial charge in [0.05, 0.1) is 23.7 Å². The first-order valence-electron chi connectivity index (χ1n) is 5.34. The van der Waals surface area contributed by atoms with Crippen LogP contribution < -0.4 is 0 Å². The van der Waals surface area contributed by atoms with Crippen LogP contribution in [-0.4, -0.2) is 28.6 Å². The maximum absolute atomic E-state index is 10.7. The van der Waals surface area contributed by atoms with Gasteiger partial charge in [0, 0.05) is 6.04 Å². The molecule has 4 nitrogen and oxygen atoms in total. The monoisotopic (exact) mass is 287 g/mol. The summed E-state index contributed by atoms with van der Waals surface area (Å²) < 4.78 is 6.30. The largest absolute Gasteiger partial charge is 0.481 e. The number of carboxylic acid groups (broad SMARTS) is 1. The molecule has 1 aromatic rings. The SMILES string of the molecule is O=C(O)CC1CCCN1Cc1occc1Br. The van der Waals surface area contributed by atoms with E-state index in [9.17, 15) is 4.79 Å². The van der Waals surface area contributed by atoms with Gasteiger partial charge in [-0.15, -0.1) is 0 Å². The molecule has 0 spiro atoms. The second-order valence-corrected chi connectivity index (χ2v) is 4.91. The van der Waals surface area contributed by atoms with E-state index in [1.165, 1.54) is 0 Å². The number of rotatable bonds is 4. The van der Waals surface area contributed by atoms with E-state index in [2.05, 4.69) is 20.8 Å². The van der Waals surface area contributed by atoms with Gasteiger partial charge in [0.2, 0.25) is 0 Å². The molecule has 2 heterocycles. The first-order chi connectivity index (χ1) is 7.66. The van der Waals surface area contributed by atoms with Crippen LogP contribution >= 0.6 is 15.9 Å². The van der Waals surface area contributed by atoms with Crippen molar-refractivity contribution < 1.29 is 14.3 Å². The van der Waals surface area contributed by atoms with E-state index in [4.69, 9.17) is 9.52 Å². The molecule has 1 saturated heterocycles. The van der Waals surface area contributed by atoms with Crippen LogP contribution in [0.4, 0.5) is 0 Å². The zero-order chi connectivity index (χ0) is 11.5. The molecule has 0 radical (unpaired) electrons. The first kappa shape index (κ1) is 11.7. The van der Waals surface area contributed by atoms with E-state index in [1.807, 2.05) is 6.07 Å². The van der Waals surface area contributed by atoms with E-state index >= 15 is 0 Å². The summed E-state index contributed by atoms with van der Waals surface area (Å²) in [6.45, 7) is 1.64. The van der Waals surface area contributed by atoms with Crippen molar-refractivity contribution in [3.8, 4) is 0 Å². The number of hydrogen-bond donors (Lipinski definition) is 1. The second-order valence-electron chi connectivity index (χ2n) is 4.06. The molecule has 1 aliphatic rings. The third kappa shape index (κ3) is 2.65. The Bertz CT molecular complexity index is 377. The third-order valence-electron chi connectivity index (χ3n) is 2.95. The molecular formula is C11H14BrNO3. The standard InChI is InChI=1S/C11H14BrNO3/c12-9-3-5-16-10(9)7-13-4-1-2-8(13)6-11(14)15/h3,5,8H,1-2,4,6-7H2,(H,14,15). The molecule has 5 heteroatoms. The highest BCUT2D eigenvalue weighted by molar-refractivity contribution is 9.10. The van der Waals surface area contributed by atoms with Crippen molar-refractivity contribution in [2.45, 2.75) is 31.8 Å². The van der Waals surface area contributed by atoms with Crippen LogP contribution in [0.5, 0.6) is 0 Å². The quantitative estimate of drug-likeness (QED) is 0.924. The minimum absolute atomic E-state index is 0.148. The Hall–Kier alpha value is -0.810. The molecule has 1 fully saturated rings. The minimum atomic E-state index is -0.726. The van der Waals surface area contributed by atoms with Crippen LogP contribution in [0.15, 0.2) is 21.2 Å². The normalized spacial score (nSPS) is 21.4. The lowest BCUT2D eigenvalue weighted by molar-refractivity contribution is -0.138. The molecular weight excluding hydrogens is 274 g/mol. The lowest BCUT2D eigenvalue weighted by atomic mass is 10.1. The number of nitrogens with zero attached hydrogens (tertiary/aromatic N) is 1.